The van der Waals surface area contributed by atoms with Gasteiger partial charge in [-0.05, 0) is 62.6 Å². The van der Waals surface area contributed by atoms with Crippen molar-refractivity contribution in [3.8, 4) is 11.8 Å². The monoisotopic (exact) mass is 476 g/mol. The average molecular weight is 477 g/mol. The second kappa shape index (κ2) is 8.59. The Morgan fingerprint density at radius 1 is 1.15 bits per heavy atom. The fraction of sp³-hybridized carbons (Fsp3) is 0.565. The lowest BCUT2D eigenvalue weighted by atomic mass is 9.82. The molecule has 3 heterocycles. The van der Waals surface area contributed by atoms with Gasteiger partial charge in [0.1, 0.15) is 5.75 Å². The van der Waals surface area contributed by atoms with Crippen LogP contribution < -0.4 is 9.64 Å². The largest absolute Gasteiger partial charge is 0.424 e. The van der Waals surface area contributed by atoms with Crippen molar-refractivity contribution >= 4 is 6.01 Å². The van der Waals surface area contributed by atoms with Crippen LogP contribution in [0.4, 0.5) is 19.2 Å². The summed E-state index contributed by atoms with van der Waals surface area (Å²) in [5.41, 5.74) is -0.763. The molecule has 11 heteroatoms. The predicted molar refractivity (Wildman–Crippen MR) is 117 cm³/mol. The molecule has 1 unspecified atom stereocenters. The second-order valence-electron chi connectivity index (χ2n) is 9.45. The van der Waals surface area contributed by atoms with Crippen LogP contribution >= 0.6 is 0 Å². The number of benzene rings is 1. The highest BCUT2D eigenvalue weighted by Crippen LogP contribution is 2.44. The summed E-state index contributed by atoms with van der Waals surface area (Å²) in [6, 6.07) is 5.54. The van der Waals surface area contributed by atoms with Gasteiger partial charge in [-0.1, -0.05) is 11.2 Å². The van der Waals surface area contributed by atoms with Crippen molar-refractivity contribution in [2.24, 2.45) is 17.8 Å². The third kappa shape index (κ3) is 4.47. The number of rotatable bonds is 6. The highest BCUT2D eigenvalue weighted by molar-refractivity contribution is 5.32. The number of aromatic nitrogens is 5. The van der Waals surface area contributed by atoms with Crippen LogP contribution in [0, 0.1) is 24.7 Å². The lowest BCUT2D eigenvalue weighted by Gasteiger charge is -2.36. The number of hydrogen-bond acceptors (Lipinski definition) is 7. The number of anilines is 1. The van der Waals surface area contributed by atoms with Crippen molar-refractivity contribution in [1.82, 2.24) is 25.0 Å². The summed E-state index contributed by atoms with van der Waals surface area (Å²) < 4.78 is 52.3. The Hall–Kier alpha value is -3.11. The SMILES string of the molecule is Cc1nnc(N2C[C@H]3CC[C@@H](C2)C3Cc2nc(Oc3cccc(C(F)(F)F)c3)n(C(C)C)n2)o1. The van der Waals surface area contributed by atoms with Gasteiger partial charge in [0.15, 0.2) is 5.82 Å². The number of piperidine rings is 1. The summed E-state index contributed by atoms with van der Waals surface area (Å²) >= 11 is 0. The maximum absolute atomic E-state index is 13.1. The first-order valence-corrected chi connectivity index (χ1v) is 11.5. The van der Waals surface area contributed by atoms with Gasteiger partial charge in [-0.15, -0.1) is 5.10 Å². The van der Waals surface area contributed by atoms with E-state index in [2.05, 4.69) is 25.2 Å². The summed E-state index contributed by atoms with van der Waals surface area (Å²) in [5, 5.41) is 12.8. The van der Waals surface area contributed by atoms with E-state index in [1.807, 2.05) is 13.8 Å². The molecule has 2 fully saturated rings. The maximum Gasteiger partial charge on any atom is 0.416 e. The van der Waals surface area contributed by atoms with E-state index < -0.39 is 11.7 Å². The number of fused-ring (bicyclic) bond motifs is 2. The molecule has 0 N–H and O–H groups in total. The molecule has 5 rings (SSSR count). The Morgan fingerprint density at radius 3 is 2.50 bits per heavy atom. The summed E-state index contributed by atoms with van der Waals surface area (Å²) in [5.74, 6) is 2.64. The van der Waals surface area contributed by atoms with Crippen LogP contribution in [0.2, 0.25) is 0 Å². The van der Waals surface area contributed by atoms with E-state index in [0.717, 1.165) is 38.1 Å². The van der Waals surface area contributed by atoms with Crippen LogP contribution in [-0.2, 0) is 12.6 Å². The Balaban J connectivity index is 1.32. The zero-order chi connectivity index (χ0) is 24.0. The molecule has 182 valence electrons. The molecule has 2 aliphatic rings. The normalized spacial score (nSPS) is 22.6. The lowest BCUT2D eigenvalue weighted by Crippen LogP contribution is -2.43. The third-order valence-electron chi connectivity index (χ3n) is 6.74. The molecule has 34 heavy (non-hydrogen) atoms. The van der Waals surface area contributed by atoms with Crippen molar-refractivity contribution in [2.75, 3.05) is 18.0 Å². The first-order valence-electron chi connectivity index (χ1n) is 11.5. The first-order chi connectivity index (χ1) is 16.2. The quantitative estimate of drug-likeness (QED) is 0.491. The minimum Gasteiger partial charge on any atom is -0.424 e. The van der Waals surface area contributed by atoms with Gasteiger partial charge in [0.25, 0.3) is 0 Å². The van der Waals surface area contributed by atoms with Crippen LogP contribution in [0.3, 0.4) is 0 Å². The van der Waals surface area contributed by atoms with Crippen LogP contribution in [0.1, 0.15) is 50.0 Å². The minimum atomic E-state index is -4.44. The molecule has 0 amide bonds. The molecule has 1 saturated heterocycles. The van der Waals surface area contributed by atoms with Crippen LogP contribution in [0.15, 0.2) is 28.7 Å². The van der Waals surface area contributed by atoms with Gasteiger partial charge in [-0.2, -0.15) is 23.3 Å². The zero-order valence-corrected chi connectivity index (χ0v) is 19.3. The smallest absolute Gasteiger partial charge is 0.416 e. The molecule has 8 nitrogen and oxygen atoms in total. The molecule has 2 aromatic heterocycles. The second-order valence-corrected chi connectivity index (χ2v) is 9.45. The molecule has 2 bridgehead atoms. The summed E-state index contributed by atoms with van der Waals surface area (Å²) in [6.07, 6.45) is -1.50. The number of nitrogens with zero attached hydrogens (tertiary/aromatic N) is 6. The molecule has 0 radical (unpaired) electrons. The average Bonchev–Trinajstić information content (AvgIpc) is 3.44. The summed E-state index contributed by atoms with van der Waals surface area (Å²) in [7, 11) is 0. The lowest BCUT2D eigenvalue weighted by molar-refractivity contribution is -0.137. The predicted octanol–water partition coefficient (Wildman–Crippen LogP) is 5.07. The van der Waals surface area contributed by atoms with E-state index in [9.17, 15) is 13.2 Å². The molecule has 1 aliphatic carbocycles. The zero-order valence-electron chi connectivity index (χ0n) is 19.3. The van der Waals surface area contributed by atoms with Gasteiger partial charge in [-0.25, -0.2) is 4.68 Å². The standard InChI is InChI=1S/C23H27F3N6O2/c1-13(2)32-21(34-18-6-4-5-17(9-18)23(24,25)26)27-20(30-32)10-19-15-7-8-16(19)12-31(11-15)22-29-28-14(3)33-22/h4-6,9,13,15-16,19H,7-8,10-12H2,1-3H3/t15-,16+,19?. The summed E-state index contributed by atoms with van der Waals surface area (Å²) in [6.45, 7) is 7.36. The van der Waals surface area contributed by atoms with Crippen molar-refractivity contribution in [3.63, 3.8) is 0 Å². The Morgan fingerprint density at radius 2 is 1.88 bits per heavy atom. The third-order valence-corrected chi connectivity index (χ3v) is 6.74. The summed E-state index contributed by atoms with van der Waals surface area (Å²) in [4.78, 5) is 6.75. The van der Waals surface area contributed by atoms with Gasteiger partial charge in [-0.3, -0.25) is 0 Å². The molecule has 1 aromatic carbocycles. The van der Waals surface area contributed by atoms with E-state index >= 15 is 0 Å². The molecule has 3 aromatic rings. The Labute approximate surface area is 195 Å². The highest BCUT2D eigenvalue weighted by Gasteiger charge is 2.43. The van der Waals surface area contributed by atoms with Gasteiger partial charge < -0.3 is 14.1 Å². The fourth-order valence-electron chi connectivity index (χ4n) is 5.13. The number of hydrogen-bond donors (Lipinski definition) is 0. The fourth-order valence-corrected chi connectivity index (χ4v) is 5.13. The van der Waals surface area contributed by atoms with Crippen molar-refractivity contribution < 1.29 is 22.3 Å². The van der Waals surface area contributed by atoms with Crippen molar-refractivity contribution in [3.05, 3.63) is 41.5 Å². The van der Waals surface area contributed by atoms with E-state index in [1.54, 1.807) is 11.6 Å². The van der Waals surface area contributed by atoms with E-state index in [1.165, 1.54) is 12.1 Å². The molecule has 0 spiro atoms. The molecule has 3 atom stereocenters. The van der Waals surface area contributed by atoms with Crippen molar-refractivity contribution in [2.45, 2.75) is 52.3 Å². The maximum atomic E-state index is 13.1. The molecule has 1 aliphatic heterocycles. The van der Waals surface area contributed by atoms with Gasteiger partial charge in [0, 0.05) is 26.4 Å². The van der Waals surface area contributed by atoms with Crippen LogP contribution in [0.5, 0.6) is 11.8 Å². The molecular weight excluding hydrogens is 449 g/mol. The topological polar surface area (TPSA) is 82.1 Å². The molecular formula is C23H27F3N6O2. The van der Waals surface area contributed by atoms with Crippen LogP contribution in [0.25, 0.3) is 0 Å². The van der Waals surface area contributed by atoms with E-state index in [4.69, 9.17) is 9.15 Å². The minimum absolute atomic E-state index is 0.0543. The van der Waals surface area contributed by atoms with Gasteiger partial charge in [0.2, 0.25) is 5.89 Å². The van der Waals surface area contributed by atoms with E-state index in [0.29, 0.717) is 41.9 Å². The Bertz CT molecular complexity index is 1140. The van der Waals surface area contributed by atoms with Gasteiger partial charge >= 0.3 is 18.2 Å². The van der Waals surface area contributed by atoms with E-state index in [-0.39, 0.29) is 17.8 Å². The van der Waals surface area contributed by atoms with Crippen molar-refractivity contribution in [1.29, 1.82) is 0 Å². The number of halogens is 3. The number of alkyl halides is 3. The van der Waals surface area contributed by atoms with Crippen LogP contribution in [-0.4, -0.2) is 38.1 Å². The Kier molecular flexibility index (Phi) is 5.73. The first kappa shape index (κ1) is 22.7. The highest BCUT2D eigenvalue weighted by atomic mass is 19.4. The molecule has 1 saturated carbocycles. The number of aryl methyl sites for hydroxylation is 1. The van der Waals surface area contributed by atoms with Gasteiger partial charge in [0.05, 0.1) is 11.6 Å². The number of ether oxygens (including phenoxy) is 1.